The van der Waals surface area contributed by atoms with Crippen LogP contribution in [0.4, 0.5) is 0 Å². The van der Waals surface area contributed by atoms with Crippen LogP contribution in [0.15, 0.2) is 14.7 Å². The van der Waals surface area contributed by atoms with E-state index in [0.29, 0.717) is 4.88 Å². The highest BCUT2D eigenvalue weighted by molar-refractivity contribution is 9.11. The third kappa shape index (κ3) is 4.01. The quantitative estimate of drug-likeness (QED) is 0.811. The van der Waals surface area contributed by atoms with Gasteiger partial charge in [-0.2, -0.15) is 0 Å². The van der Waals surface area contributed by atoms with Gasteiger partial charge in [0, 0.05) is 12.0 Å². The van der Waals surface area contributed by atoms with Crippen molar-refractivity contribution >= 4 is 37.3 Å². The minimum Gasteiger partial charge on any atom is -0.395 e. The van der Waals surface area contributed by atoms with Gasteiger partial charge in [0.1, 0.15) is 0 Å². The molecule has 0 fully saturated rings. The number of halogens is 1. The average Bonchev–Trinajstić information content (AvgIpc) is 2.57. The van der Waals surface area contributed by atoms with E-state index < -0.39 is 16.1 Å². The monoisotopic (exact) mass is 343 g/mol. The van der Waals surface area contributed by atoms with E-state index in [-0.39, 0.29) is 18.1 Å². The number of aliphatic hydroxyl groups excluding tert-OH is 1. The second kappa shape index (κ2) is 6.26. The number of aliphatic hydroxyl groups is 1. The summed E-state index contributed by atoms with van der Waals surface area (Å²) < 4.78 is 32.0. The molecular weight excluding hydrogens is 330 g/mol. The third-order valence-electron chi connectivity index (χ3n) is 2.04. The smallest absolute Gasteiger partial charge is 0.242 e. The average molecular weight is 344 g/mol. The molecule has 2 N–H and O–H groups in total. The summed E-state index contributed by atoms with van der Waals surface area (Å²) in [4.78, 5) is 0.919. The normalized spacial score (nSPS) is 13.9. The first kappa shape index (κ1) is 15.1. The summed E-state index contributed by atoms with van der Waals surface area (Å²) in [6.07, 6.45) is 0. The lowest BCUT2D eigenvalue weighted by Gasteiger charge is -2.15. The van der Waals surface area contributed by atoms with E-state index in [4.69, 9.17) is 9.84 Å². The van der Waals surface area contributed by atoms with Gasteiger partial charge in [0.25, 0.3) is 0 Å². The Morgan fingerprint density at radius 1 is 1.65 bits per heavy atom. The second-order valence-electron chi connectivity index (χ2n) is 3.43. The fourth-order valence-electron chi connectivity index (χ4n) is 1.31. The van der Waals surface area contributed by atoms with E-state index in [2.05, 4.69) is 20.7 Å². The van der Waals surface area contributed by atoms with Gasteiger partial charge in [-0.25, -0.2) is 13.1 Å². The number of methoxy groups -OCH3 is 1. The molecule has 0 aliphatic carbocycles. The van der Waals surface area contributed by atoms with Gasteiger partial charge < -0.3 is 9.84 Å². The SMILES string of the molecule is COCC(CO)NS(=O)(=O)c1cc(Br)sc1C. The minimum atomic E-state index is -3.61. The van der Waals surface area contributed by atoms with Crippen molar-refractivity contribution in [1.82, 2.24) is 4.72 Å². The van der Waals surface area contributed by atoms with Crippen molar-refractivity contribution in [1.29, 1.82) is 0 Å². The van der Waals surface area contributed by atoms with Gasteiger partial charge >= 0.3 is 0 Å². The standard InChI is InChI=1S/C9H14BrNO4S2/c1-6-8(3-9(10)16-6)17(13,14)11-7(4-12)5-15-2/h3,7,11-12H,4-5H2,1-2H3. The Morgan fingerprint density at radius 3 is 2.71 bits per heavy atom. The number of thiophene rings is 1. The molecule has 98 valence electrons. The van der Waals surface area contributed by atoms with Crippen LogP contribution in [-0.4, -0.2) is 39.9 Å². The van der Waals surface area contributed by atoms with Crippen LogP contribution in [0.3, 0.4) is 0 Å². The Balaban J connectivity index is 2.92. The number of aryl methyl sites for hydroxylation is 1. The molecule has 1 aromatic rings. The lowest BCUT2D eigenvalue weighted by Crippen LogP contribution is -2.40. The van der Waals surface area contributed by atoms with Gasteiger partial charge in [-0.15, -0.1) is 11.3 Å². The van der Waals surface area contributed by atoms with Gasteiger partial charge in [-0.05, 0) is 28.9 Å². The summed E-state index contributed by atoms with van der Waals surface area (Å²) in [6.45, 7) is 1.55. The zero-order valence-corrected chi connectivity index (χ0v) is 12.7. The van der Waals surface area contributed by atoms with Crippen molar-refractivity contribution in [3.05, 3.63) is 14.7 Å². The highest BCUT2D eigenvalue weighted by Crippen LogP contribution is 2.29. The van der Waals surface area contributed by atoms with E-state index in [1.54, 1.807) is 13.0 Å². The first-order valence-corrected chi connectivity index (χ1v) is 7.88. The van der Waals surface area contributed by atoms with Gasteiger partial charge in [0.2, 0.25) is 10.0 Å². The van der Waals surface area contributed by atoms with Crippen LogP contribution in [0, 0.1) is 6.92 Å². The highest BCUT2D eigenvalue weighted by atomic mass is 79.9. The zero-order chi connectivity index (χ0) is 13.1. The molecule has 8 heteroatoms. The number of sulfonamides is 1. The van der Waals surface area contributed by atoms with Crippen molar-refractivity contribution in [3.63, 3.8) is 0 Å². The van der Waals surface area contributed by atoms with Crippen LogP contribution in [0.25, 0.3) is 0 Å². The number of ether oxygens (including phenoxy) is 1. The minimum absolute atomic E-state index is 0.125. The Hall–Kier alpha value is 0.01000. The van der Waals surface area contributed by atoms with Gasteiger partial charge in [-0.1, -0.05) is 0 Å². The Kier molecular flexibility index (Phi) is 5.55. The van der Waals surface area contributed by atoms with E-state index in [0.717, 1.165) is 3.79 Å². The van der Waals surface area contributed by atoms with Crippen LogP contribution in [0.2, 0.25) is 0 Å². The lowest BCUT2D eigenvalue weighted by molar-refractivity contribution is 0.139. The largest absolute Gasteiger partial charge is 0.395 e. The van der Waals surface area contributed by atoms with Crippen molar-refractivity contribution < 1.29 is 18.3 Å². The molecule has 1 unspecified atom stereocenters. The van der Waals surface area contributed by atoms with Crippen LogP contribution < -0.4 is 4.72 Å². The molecule has 0 aliphatic heterocycles. The van der Waals surface area contributed by atoms with Crippen LogP contribution in [0.5, 0.6) is 0 Å². The lowest BCUT2D eigenvalue weighted by atomic mass is 10.4. The maximum absolute atomic E-state index is 12.0. The van der Waals surface area contributed by atoms with E-state index >= 15 is 0 Å². The predicted molar refractivity (Wildman–Crippen MR) is 69.8 cm³/mol. The summed E-state index contributed by atoms with van der Waals surface area (Å²) in [5.41, 5.74) is 0. The van der Waals surface area contributed by atoms with Gasteiger partial charge in [0.05, 0.1) is 27.9 Å². The van der Waals surface area contributed by atoms with Crippen LogP contribution in [0.1, 0.15) is 4.88 Å². The maximum atomic E-state index is 12.0. The summed E-state index contributed by atoms with van der Waals surface area (Å²) in [5, 5.41) is 9.03. The molecule has 1 heterocycles. The Labute approximate surface area is 113 Å². The van der Waals surface area contributed by atoms with E-state index in [9.17, 15) is 8.42 Å². The van der Waals surface area contributed by atoms with Gasteiger partial charge in [0.15, 0.2) is 0 Å². The van der Waals surface area contributed by atoms with Crippen molar-refractivity contribution in [3.8, 4) is 0 Å². The fraction of sp³-hybridized carbons (Fsp3) is 0.556. The molecule has 0 radical (unpaired) electrons. The van der Waals surface area contributed by atoms with Crippen molar-refractivity contribution in [2.24, 2.45) is 0 Å². The fourth-order valence-corrected chi connectivity index (χ4v) is 4.93. The van der Waals surface area contributed by atoms with Crippen LogP contribution >= 0.6 is 27.3 Å². The molecule has 17 heavy (non-hydrogen) atoms. The van der Waals surface area contributed by atoms with Crippen molar-refractivity contribution in [2.75, 3.05) is 20.3 Å². The highest BCUT2D eigenvalue weighted by Gasteiger charge is 2.23. The van der Waals surface area contributed by atoms with E-state index in [1.165, 1.54) is 18.4 Å². The molecule has 1 rings (SSSR count). The maximum Gasteiger partial charge on any atom is 0.242 e. The molecule has 1 atom stereocenters. The Morgan fingerprint density at radius 2 is 2.29 bits per heavy atom. The summed E-state index contributed by atoms with van der Waals surface area (Å²) in [7, 11) is -2.17. The predicted octanol–water partition coefficient (Wildman–Crippen LogP) is 1.10. The number of hydrogen-bond acceptors (Lipinski definition) is 5. The molecule has 5 nitrogen and oxygen atoms in total. The zero-order valence-electron chi connectivity index (χ0n) is 9.44. The number of rotatable bonds is 6. The molecule has 0 aliphatic rings. The molecule has 0 spiro atoms. The molecule has 0 amide bonds. The topological polar surface area (TPSA) is 75.6 Å². The molecule has 0 saturated carbocycles. The Bertz CT molecular complexity index is 471. The van der Waals surface area contributed by atoms with E-state index in [1.807, 2.05) is 0 Å². The summed E-state index contributed by atoms with van der Waals surface area (Å²) in [6, 6.07) is 0.909. The first-order valence-electron chi connectivity index (χ1n) is 4.78. The molecule has 0 bridgehead atoms. The molecule has 0 aromatic carbocycles. The summed E-state index contributed by atoms with van der Waals surface area (Å²) in [5.74, 6) is 0. The molecule has 0 saturated heterocycles. The first-order chi connectivity index (χ1) is 7.90. The number of nitrogens with one attached hydrogen (secondary N) is 1. The third-order valence-corrected chi connectivity index (χ3v) is 5.37. The van der Waals surface area contributed by atoms with Crippen molar-refractivity contribution in [2.45, 2.75) is 17.9 Å². The molecule has 1 aromatic heterocycles. The summed E-state index contributed by atoms with van der Waals surface area (Å²) >= 11 is 4.59. The molecular formula is C9H14BrNO4S2. The van der Waals surface area contributed by atoms with Gasteiger partial charge in [-0.3, -0.25) is 0 Å². The number of hydrogen-bond donors (Lipinski definition) is 2. The second-order valence-corrected chi connectivity index (χ2v) is 7.75. The van der Waals surface area contributed by atoms with Crippen LogP contribution in [-0.2, 0) is 14.8 Å².